The first-order valence-electron chi connectivity index (χ1n) is 12.7. The average Bonchev–Trinajstić information content (AvgIpc) is 2.91. The third kappa shape index (κ3) is 7.97. The van der Waals surface area contributed by atoms with Crippen molar-refractivity contribution in [1.29, 1.82) is 0 Å². The number of amides is 2. The summed E-state index contributed by atoms with van der Waals surface area (Å²) in [5.41, 5.74) is 1.62. The van der Waals surface area contributed by atoms with Crippen molar-refractivity contribution in [3.8, 4) is 0 Å². The largest absolute Gasteiger partial charge is 0.354 e. The third-order valence-electron chi connectivity index (χ3n) is 6.28. The minimum absolute atomic E-state index is 0.0406. The highest BCUT2D eigenvalue weighted by atomic mass is 35.5. The summed E-state index contributed by atoms with van der Waals surface area (Å²) in [5.74, 6) is -0.860. The SMILES string of the molecule is CCCCNC(=O)[C@@H](C)N(Cc1cccc(Cl)c1)C(=O)CN(c1ccc(Cl)cc1C)S(=O)(=O)c1ccccc1. The van der Waals surface area contributed by atoms with Crippen molar-refractivity contribution in [1.82, 2.24) is 10.2 Å². The number of anilines is 1. The molecular formula is C29H33Cl2N3O4S. The fourth-order valence-corrected chi connectivity index (χ4v) is 6.02. The molecule has 1 atom stereocenters. The molecule has 0 heterocycles. The second-order valence-corrected chi connectivity index (χ2v) is 12.0. The molecule has 3 rings (SSSR count). The minimum atomic E-state index is -4.14. The number of sulfonamides is 1. The Morgan fingerprint density at radius 1 is 0.949 bits per heavy atom. The van der Waals surface area contributed by atoms with Crippen molar-refractivity contribution in [3.63, 3.8) is 0 Å². The molecule has 3 aromatic carbocycles. The quantitative estimate of drug-likeness (QED) is 0.269. The van der Waals surface area contributed by atoms with Gasteiger partial charge in [0.25, 0.3) is 10.0 Å². The molecule has 0 aromatic heterocycles. The average molecular weight is 591 g/mol. The van der Waals surface area contributed by atoms with E-state index in [4.69, 9.17) is 23.2 Å². The molecule has 2 amide bonds. The van der Waals surface area contributed by atoms with Gasteiger partial charge >= 0.3 is 0 Å². The maximum absolute atomic E-state index is 13.9. The van der Waals surface area contributed by atoms with Crippen LogP contribution in [0.1, 0.15) is 37.8 Å². The van der Waals surface area contributed by atoms with Gasteiger partial charge in [0.05, 0.1) is 10.6 Å². The van der Waals surface area contributed by atoms with Crippen LogP contribution in [0, 0.1) is 6.92 Å². The maximum atomic E-state index is 13.9. The first-order valence-corrected chi connectivity index (χ1v) is 14.9. The monoisotopic (exact) mass is 589 g/mol. The molecule has 1 N–H and O–H groups in total. The molecule has 0 radical (unpaired) electrons. The Hall–Kier alpha value is -3.07. The van der Waals surface area contributed by atoms with Gasteiger partial charge in [0.1, 0.15) is 12.6 Å². The number of nitrogens with one attached hydrogen (secondary N) is 1. The smallest absolute Gasteiger partial charge is 0.264 e. The van der Waals surface area contributed by atoms with Crippen LogP contribution in [0.15, 0.2) is 77.7 Å². The highest BCUT2D eigenvalue weighted by Gasteiger charge is 2.33. The Bertz CT molecular complexity index is 1400. The van der Waals surface area contributed by atoms with Gasteiger partial charge in [-0.3, -0.25) is 13.9 Å². The number of benzene rings is 3. The lowest BCUT2D eigenvalue weighted by molar-refractivity contribution is -0.139. The van der Waals surface area contributed by atoms with E-state index in [1.54, 1.807) is 74.5 Å². The number of hydrogen-bond donors (Lipinski definition) is 1. The molecule has 0 bridgehead atoms. The predicted molar refractivity (Wildman–Crippen MR) is 157 cm³/mol. The van der Waals surface area contributed by atoms with Crippen LogP contribution in [0.25, 0.3) is 0 Å². The molecule has 0 saturated carbocycles. The van der Waals surface area contributed by atoms with Crippen molar-refractivity contribution < 1.29 is 18.0 Å². The third-order valence-corrected chi connectivity index (χ3v) is 8.52. The molecule has 10 heteroatoms. The van der Waals surface area contributed by atoms with E-state index in [9.17, 15) is 18.0 Å². The van der Waals surface area contributed by atoms with Crippen molar-refractivity contribution in [3.05, 3.63) is 94.0 Å². The van der Waals surface area contributed by atoms with Crippen LogP contribution in [0.2, 0.25) is 10.0 Å². The van der Waals surface area contributed by atoms with E-state index >= 15 is 0 Å². The zero-order valence-electron chi connectivity index (χ0n) is 22.2. The minimum Gasteiger partial charge on any atom is -0.354 e. The van der Waals surface area contributed by atoms with Crippen LogP contribution in [0.3, 0.4) is 0 Å². The van der Waals surface area contributed by atoms with Crippen LogP contribution < -0.4 is 9.62 Å². The van der Waals surface area contributed by atoms with Gasteiger partial charge in [0, 0.05) is 23.1 Å². The summed E-state index contributed by atoms with van der Waals surface area (Å²) < 4.78 is 28.7. The highest BCUT2D eigenvalue weighted by Crippen LogP contribution is 2.29. The Labute approximate surface area is 240 Å². The molecule has 0 aliphatic rings. The van der Waals surface area contributed by atoms with Crippen molar-refractivity contribution in [2.75, 3.05) is 17.4 Å². The number of aryl methyl sites for hydroxylation is 1. The Morgan fingerprint density at radius 3 is 2.28 bits per heavy atom. The molecule has 39 heavy (non-hydrogen) atoms. The number of halogens is 2. The maximum Gasteiger partial charge on any atom is 0.264 e. The van der Waals surface area contributed by atoms with Crippen molar-refractivity contribution in [2.24, 2.45) is 0 Å². The number of hydrogen-bond acceptors (Lipinski definition) is 4. The standard InChI is InChI=1S/C29H33Cl2N3O4S/c1-4-5-16-32-29(36)22(3)33(19-23-10-9-11-24(30)18-23)28(35)20-34(27-15-14-25(31)17-21(27)2)39(37,38)26-12-7-6-8-13-26/h6-15,17-18,22H,4-5,16,19-20H2,1-3H3,(H,32,36)/t22-/m1/s1. The Kier molecular flexibility index (Phi) is 10.8. The van der Waals surface area contributed by atoms with Crippen molar-refractivity contribution in [2.45, 2.75) is 51.1 Å². The van der Waals surface area contributed by atoms with E-state index in [0.29, 0.717) is 33.4 Å². The van der Waals surface area contributed by atoms with E-state index in [2.05, 4.69) is 5.32 Å². The zero-order chi connectivity index (χ0) is 28.6. The van der Waals surface area contributed by atoms with Crippen LogP contribution in [-0.4, -0.2) is 44.3 Å². The normalized spacial score (nSPS) is 12.0. The fourth-order valence-electron chi connectivity index (χ4n) is 4.08. The number of carbonyl (C=O) groups excluding carboxylic acids is 2. The summed E-state index contributed by atoms with van der Waals surface area (Å²) in [7, 11) is -4.14. The zero-order valence-corrected chi connectivity index (χ0v) is 24.6. The molecule has 0 unspecified atom stereocenters. The van der Waals surface area contributed by atoms with Crippen molar-refractivity contribution >= 4 is 50.7 Å². The van der Waals surface area contributed by atoms with Crippen LogP contribution in [-0.2, 0) is 26.2 Å². The van der Waals surface area contributed by atoms with E-state index < -0.39 is 28.5 Å². The van der Waals surface area contributed by atoms with E-state index in [0.717, 1.165) is 17.1 Å². The molecule has 208 valence electrons. The predicted octanol–water partition coefficient (Wildman–Crippen LogP) is 5.83. The summed E-state index contributed by atoms with van der Waals surface area (Å²) in [5, 5.41) is 3.80. The van der Waals surface area contributed by atoms with Gasteiger partial charge < -0.3 is 10.2 Å². The lowest BCUT2D eigenvalue weighted by Crippen LogP contribution is -2.51. The molecule has 0 spiro atoms. The van der Waals surface area contributed by atoms with Gasteiger partial charge in [-0.15, -0.1) is 0 Å². The summed E-state index contributed by atoms with van der Waals surface area (Å²) >= 11 is 12.3. The fraction of sp³-hybridized carbons (Fsp3) is 0.310. The first kappa shape index (κ1) is 30.5. The Balaban J connectivity index is 2.02. The number of unbranched alkanes of at least 4 members (excludes halogenated alkanes) is 1. The van der Waals surface area contributed by atoms with E-state index in [-0.39, 0.29) is 17.3 Å². The van der Waals surface area contributed by atoms with Crippen LogP contribution >= 0.6 is 23.2 Å². The molecule has 3 aromatic rings. The van der Waals surface area contributed by atoms with Gasteiger partial charge in [-0.1, -0.05) is 66.9 Å². The van der Waals surface area contributed by atoms with Gasteiger partial charge in [-0.2, -0.15) is 0 Å². The lowest BCUT2D eigenvalue weighted by Gasteiger charge is -2.32. The van der Waals surface area contributed by atoms with Gasteiger partial charge in [-0.05, 0) is 73.9 Å². The topological polar surface area (TPSA) is 86.8 Å². The molecule has 0 saturated heterocycles. The molecule has 7 nitrogen and oxygen atoms in total. The lowest BCUT2D eigenvalue weighted by atomic mass is 10.1. The van der Waals surface area contributed by atoms with Gasteiger partial charge in [-0.25, -0.2) is 8.42 Å². The molecular weight excluding hydrogens is 557 g/mol. The van der Waals surface area contributed by atoms with Gasteiger partial charge in [0.2, 0.25) is 11.8 Å². The second-order valence-electron chi connectivity index (χ2n) is 9.23. The van der Waals surface area contributed by atoms with Crippen LogP contribution in [0.5, 0.6) is 0 Å². The Morgan fingerprint density at radius 2 is 1.64 bits per heavy atom. The number of carbonyl (C=O) groups is 2. The van der Waals surface area contributed by atoms with E-state index in [1.165, 1.54) is 17.0 Å². The number of rotatable bonds is 12. The summed E-state index contributed by atoms with van der Waals surface area (Å²) in [6, 6.07) is 18.8. The number of nitrogens with zero attached hydrogens (tertiary/aromatic N) is 2. The van der Waals surface area contributed by atoms with Gasteiger partial charge in [0.15, 0.2) is 0 Å². The first-order chi connectivity index (χ1) is 18.5. The molecule has 0 aliphatic carbocycles. The molecule has 0 aliphatic heterocycles. The van der Waals surface area contributed by atoms with E-state index in [1.807, 2.05) is 6.92 Å². The molecule has 0 fully saturated rings. The highest BCUT2D eigenvalue weighted by molar-refractivity contribution is 7.92. The summed E-state index contributed by atoms with van der Waals surface area (Å²) in [6.07, 6.45) is 1.71. The summed E-state index contributed by atoms with van der Waals surface area (Å²) in [6.45, 7) is 5.41. The second kappa shape index (κ2) is 13.8. The summed E-state index contributed by atoms with van der Waals surface area (Å²) in [4.78, 5) is 28.4. The van der Waals surface area contributed by atoms with Crippen LogP contribution in [0.4, 0.5) is 5.69 Å².